The molecule has 122 valence electrons. The van der Waals surface area contributed by atoms with Gasteiger partial charge in [0, 0.05) is 12.2 Å². The summed E-state index contributed by atoms with van der Waals surface area (Å²) >= 11 is 0. The summed E-state index contributed by atoms with van der Waals surface area (Å²) in [6.45, 7) is 3.55. The van der Waals surface area contributed by atoms with Gasteiger partial charge in [-0.15, -0.1) is 0 Å². The highest BCUT2D eigenvalue weighted by molar-refractivity contribution is 5.94. The number of likely N-dealkylation sites (tertiary alicyclic amines) is 1. The van der Waals surface area contributed by atoms with Gasteiger partial charge in [-0.1, -0.05) is 6.42 Å². The molecule has 1 aromatic rings. The molecule has 1 aliphatic heterocycles. The third-order valence-electron chi connectivity index (χ3n) is 3.49. The minimum absolute atomic E-state index is 0.0886. The topological polar surface area (TPSA) is 41.6 Å². The molecule has 2 rings (SSSR count). The van der Waals surface area contributed by atoms with Crippen LogP contribution in [0.5, 0.6) is 5.75 Å². The van der Waals surface area contributed by atoms with Crippen molar-refractivity contribution in [3.63, 3.8) is 0 Å². The molecule has 1 aromatic carbocycles. The van der Waals surface area contributed by atoms with Crippen molar-refractivity contribution in [1.82, 2.24) is 4.90 Å². The van der Waals surface area contributed by atoms with Crippen molar-refractivity contribution >= 4 is 11.6 Å². The number of amides is 1. The lowest BCUT2D eigenvalue weighted by Crippen LogP contribution is -2.33. The summed E-state index contributed by atoms with van der Waals surface area (Å²) in [5.41, 5.74) is 0.0886. The number of rotatable bonds is 5. The first-order chi connectivity index (χ1) is 10.4. The lowest BCUT2D eigenvalue weighted by molar-refractivity contribution is -0.167. The molecule has 0 unspecified atom stereocenters. The predicted molar refractivity (Wildman–Crippen MR) is 76.9 cm³/mol. The van der Waals surface area contributed by atoms with Gasteiger partial charge in [0.05, 0.1) is 0 Å². The van der Waals surface area contributed by atoms with Gasteiger partial charge in [0.1, 0.15) is 12.4 Å². The smallest absolute Gasteiger partial charge is 0.471 e. The van der Waals surface area contributed by atoms with Crippen molar-refractivity contribution in [1.29, 1.82) is 0 Å². The summed E-state index contributed by atoms with van der Waals surface area (Å²) in [4.78, 5) is 13.1. The van der Waals surface area contributed by atoms with Gasteiger partial charge in [0.25, 0.3) is 0 Å². The number of alkyl halides is 3. The van der Waals surface area contributed by atoms with Crippen LogP contribution in [0, 0.1) is 0 Å². The lowest BCUT2D eigenvalue weighted by Gasteiger charge is -2.26. The molecule has 0 saturated carbocycles. The normalized spacial score (nSPS) is 16.3. The van der Waals surface area contributed by atoms with Crippen molar-refractivity contribution in [3.05, 3.63) is 24.3 Å². The molecule has 1 N–H and O–H groups in total. The highest BCUT2D eigenvalue weighted by atomic mass is 19.4. The Morgan fingerprint density at radius 1 is 1.14 bits per heavy atom. The molecule has 4 nitrogen and oxygen atoms in total. The number of anilines is 1. The number of carbonyl (C=O) groups excluding carboxylic acids is 1. The standard InChI is InChI=1S/C15H19F3N2O2/c16-15(17,18)14(21)19-12-4-6-13(7-5-12)22-11-10-20-8-2-1-3-9-20/h4-7H,1-3,8-11H2,(H,19,21). The second-order valence-corrected chi connectivity index (χ2v) is 5.23. The molecule has 0 spiro atoms. The first-order valence-corrected chi connectivity index (χ1v) is 7.28. The summed E-state index contributed by atoms with van der Waals surface area (Å²) in [6, 6.07) is 5.87. The number of benzene rings is 1. The average Bonchev–Trinajstić information content (AvgIpc) is 2.49. The molecule has 1 fully saturated rings. The van der Waals surface area contributed by atoms with Crippen LogP contribution in [0.2, 0.25) is 0 Å². The summed E-state index contributed by atoms with van der Waals surface area (Å²) in [6.07, 6.45) is -1.17. The zero-order valence-corrected chi connectivity index (χ0v) is 12.2. The first-order valence-electron chi connectivity index (χ1n) is 7.28. The molecule has 0 aliphatic carbocycles. The first kappa shape index (κ1) is 16.6. The van der Waals surface area contributed by atoms with Gasteiger partial charge < -0.3 is 10.1 Å². The van der Waals surface area contributed by atoms with E-state index in [4.69, 9.17) is 4.74 Å². The average molecular weight is 316 g/mol. The fourth-order valence-corrected chi connectivity index (χ4v) is 2.31. The van der Waals surface area contributed by atoms with Crippen LogP contribution in [0.25, 0.3) is 0 Å². The molecule has 0 radical (unpaired) electrons. The maximum Gasteiger partial charge on any atom is 0.471 e. The van der Waals surface area contributed by atoms with Crippen molar-refractivity contribution < 1.29 is 22.7 Å². The van der Waals surface area contributed by atoms with Gasteiger partial charge in [0.15, 0.2) is 0 Å². The number of piperidine rings is 1. The van der Waals surface area contributed by atoms with E-state index in [-0.39, 0.29) is 5.69 Å². The Morgan fingerprint density at radius 3 is 2.36 bits per heavy atom. The number of nitrogens with one attached hydrogen (secondary N) is 1. The summed E-state index contributed by atoms with van der Waals surface area (Å²) in [5.74, 6) is -1.41. The Hall–Kier alpha value is -1.76. The third kappa shape index (κ3) is 5.22. The second-order valence-electron chi connectivity index (χ2n) is 5.23. The lowest BCUT2D eigenvalue weighted by atomic mass is 10.1. The quantitative estimate of drug-likeness (QED) is 0.908. The molecule has 1 saturated heterocycles. The van der Waals surface area contributed by atoms with Gasteiger partial charge >= 0.3 is 12.1 Å². The molecular weight excluding hydrogens is 297 g/mol. The zero-order chi connectivity index (χ0) is 16.0. The molecule has 1 amide bonds. The maximum atomic E-state index is 12.1. The Bertz CT molecular complexity index is 483. The van der Waals surface area contributed by atoms with Crippen molar-refractivity contribution in [3.8, 4) is 5.75 Å². The van der Waals surface area contributed by atoms with Crippen LogP contribution in [0.4, 0.5) is 18.9 Å². The van der Waals surface area contributed by atoms with Crippen LogP contribution in [0.3, 0.4) is 0 Å². The molecular formula is C15H19F3N2O2. The van der Waals surface area contributed by atoms with Gasteiger partial charge in [-0.3, -0.25) is 9.69 Å². The van der Waals surface area contributed by atoms with E-state index in [0.717, 1.165) is 19.6 Å². The number of carbonyl (C=O) groups is 1. The summed E-state index contributed by atoms with van der Waals surface area (Å²) < 4.78 is 41.9. The summed E-state index contributed by atoms with van der Waals surface area (Å²) in [7, 11) is 0. The van der Waals surface area contributed by atoms with E-state index in [9.17, 15) is 18.0 Å². The Labute approximate surface area is 127 Å². The zero-order valence-electron chi connectivity index (χ0n) is 12.2. The van der Waals surface area contributed by atoms with Gasteiger partial charge in [-0.25, -0.2) is 0 Å². The van der Waals surface area contributed by atoms with Crippen LogP contribution < -0.4 is 10.1 Å². The molecule has 1 aliphatic rings. The third-order valence-corrected chi connectivity index (χ3v) is 3.49. The van der Waals surface area contributed by atoms with Crippen molar-refractivity contribution in [2.75, 3.05) is 31.6 Å². The molecule has 0 aromatic heterocycles. The number of nitrogens with zero attached hydrogens (tertiary/aromatic N) is 1. The van der Waals surface area contributed by atoms with Crippen LogP contribution in [-0.2, 0) is 4.79 Å². The molecule has 1 heterocycles. The SMILES string of the molecule is O=C(Nc1ccc(OCCN2CCCCC2)cc1)C(F)(F)F. The van der Waals surface area contributed by atoms with Crippen molar-refractivity contribution in [2.24, 2.45) is 0 Å². The highest BCUT2D eigenvalue weighted by Crippen LogP contribution is 2.20. The van der Waals surface area contributed by atoms with Gasteiger partial charge in [0.2, 0.25) is 0 Å². The van der Waals surface area contributed by atoms with Crippen LogP contribution in [0.15, 0.2) is 24.3 Å². The van der Waals surface area contributed by atoms with E-state index in [1.54, 1.807) is 17.4 Å². The van der Waals surface area contributed by atoms with Gasteiger partial charge in [-0.2, -0.15) is 13.2 Å². The van der Waals surface area contributed by atoms with Gasteiger partial charge in [-0.05, 0) is 50.2 Å². The number of hydrogen-bond acceptors (Lipinski definition) is 3. The van der Waals surface area contributed by atoms with Crippen LogP contribution in [-0.4, -0.2) is 43.2 Å². The second kappa shape index (κ2) is 7.49. The maximum absolute atomic E-state index is 12.1. The summed E-state index contributed by atoms with van der Waals surface area (Å²) in [5, 5.41) is 1.79. The Kier molecular flexibility index (Phi) is 5.65. The molecule has 22 heavy (non-hydrogen) atoms. The van der Waals surface area contributed by atoms with E-state index in [2.05, 4.69) is 4.90 Å². The predicted octanol–water partition coefficient (Wildman–Crippen LogP) is 3.05. The molecule has 0 atom stereocenters. The van der Waals surface area contributed by atoms with Crippen LogP contribution in [0.1, 0.15) is 19.3 Å². The number of halogens is 3. The largest absolute Gasteiger partial charge is 0.492 e. The van der Waals surface area contributed by atoms with Crippen molar-refractivity contribution in [2.45, 2.75) is 25.4 Å². The fraction of sp³-hybridized carbons (Fsp3) is 0.533. The van der Waals surface area contributed by atoms with Crippen LogP contribution >= 0.6 is 0 Å². The minimum atomic E-state index is -4.89. The fourth-order valence-electron chi connectivity index (χ4n) is 2.31. The minimum Gasteiger partial charge on any atom is -0.492 e. The van der Waals surface area contributed by atoms with E-state index in [0.29, 0.717) is 12.4 Å². The highest BCUT2D eigenvalue weighted by Gasteiger charge is 2.38. The monoisotopic (exact) mass is 316 g/mol. The molecule has 0 bridgehead atoms. The van der Waals surface area contributed by atoms with E-state index >= 15 is 0 Å². The Morgan fingerprint density at radius 2 is 1.77 bits per heavy atom. The van der Waals surface area contributed by atoms with E-state index in [1.165, 1.54) is 31.4 Å². The Balaban J connectivity index is 1.75. The van der Waals surface area contributed by atoms with E-state index in [1.807, 2.05) is 0 Å². The van der Waals surface area contributed by atoms with E-state index < -0.39 is 12.1 Å². The number of ether oxygens (including phenoxy) is 1. The number of hydrogen-bond donors (Lipinski definition) is 1. The molecule has 7 heteroatoms.